The molecule has 138 valence electrons. The van der Waals surface area contributed by atoms with Crippen LogP contribution in [0, 0.1) is 0 Å². The lowest BCUT2D eigenvalue weighted by Crippen LogP contribution is -2.48. The second-order valence-electron chi connectivity index (χ2n) is 6.75. The number of nitrogens with zero attached hydrogens (tertiary/aromatic N) is 2. The van der Waals surface area contributed by atoms with Gasteiger partial charge in [-0.15, -0.1) is 11.8 Å². The Morgan fingerprint density at radius 3 is 2.92 bits per heavy atom. The number of carbonyl (C=O) groups is 1. The van der Waals surface area contributed by atoms with Crippen molar-refractivity contribution in [1.82, 2.24) is 9.80 Å². The lowest BCUT2D eigenvalue weighted by Gasteiger charge is -2.37. The zero-order valence-corrected chi connectivity index (χ0v) is 15.9. The molecular weight excluding hydrogens is 334 g/mol. The molecule has 1 aromatic carbocycles. The molecule has 0 unspecified atom stereocenters. The number of carbonyl (C=O) groups excluding carboxylic acids is 1. The van der Waals surface area contributed by atoms with E-state index in [4.69, 9.17) is 4.74 Å². The second-order valence-corrected chi connectivity index (χ2v) is 7.63. The number of ether oxygens (including phenoxy) is 1. The molecule has 2 saturated heterocycles. The van der Waals surface area contributed by atoms with Crippen LogP contribution in [0.3, 0.4) is 0 Å². The summed E-state index contributed by atoms with van der Waals surface area (Å²) in [6, 6.07) is 8.45. The quantitative estimate of drug-likeness (QED) is 0.813. The van der Waals surface area contributed by atoms with Crippen LogP contribution in [0.15, 0.2) is 29.2 Å². The van der Waals surface area contributed by atoms with E-state index in [1.54, 1.807) is 11.8 Å². The van der Waals surface area contributed by atoms with E-state index in [9.17, 15) is 4.79 Å². The standard InChI is InChI=1S/C19H29N3O2S/c1-25-18-7-4-5-16(15-18)20-19(23)22-9-3-2-6-17(22)8-10-21-11-13-24-14-12-21/h4-5,7,15,17H,2-3,6,8-14H2,1H3,(H,20,23)/t17-/m0/s1. The minimum absolute atomic E-state index is 0.0462. The molecule has 1 aromatic rings. The number of benzene rings is 1. The first kappa shape index (κ1) is 18.5. The van der Waals surface area contributed by atoms with Gasteiger partial charge in [0.05, 0.1) is 13.2 Å². The molecule has 3 rings (SSSR count). The highest BCUT2D eigenvalue weighted by Crippen LogP contribution is 2.23. The third-order valence-corrected chi connectivity index (χ3v) is 5.82. The van der Waals surface area contributed by atoms with Crippen LogP contribution in [-0.2, 0) is 4.74 Å². The summed E-state index contributed by atoms with van der Waals surface area (Å²) in [5, 5.41) is 3.09. The topological polar surface area (TPSA) is 44.8 Å². The van der Waals surface area contributed by atoms with Crippen LogP contribution in [0.25, 0.3) is 0 Å². The Kier molecular flexibility index (Phi) is 7.02. The summed E-state index contributed by atoms with van der Waals surface area (Å²) >= 11 is 1.69. The molecule has 0 radical (unpaired) electrons. The highest BCUT2D eigenvalue weighted by molar-refractivity contribution is 7.98. The van der Waals surface area contributed by atoms with Crippen LogP contribution in [0.5, 0.6) is 0 Å². The Bertz CT molecular complexity index is 563. The van der Waals surface area contributed by atoms with E-state index in [1.165, 1.54) is 11.3 Å². The Hall–Kier alpha value is -1.24. The van der Waals surface area contributed by atoms with Gasteiger partial charge < -0.3 is 15.0 Å². The van der Waals surface area contributed by atoms with Gasteiger partial charge in [-0.05, 0) is 50.1 Å². The summed E-state index contributed by atoms with van der Waals surface area (Å²) in [5.74, 6) is 0. The molecule has 1 N–H and O–H groups in total. The Morgan fingerprint density at radius 1 is 1.28 bits per heavy atom. The van der Waals surface area contributed by atoms with Crippen molar-refractivity contribution in [3.8, 4) is 0 Å². The maximum absolute atomic E-state index is 12.8. The first-order valence-corrected chi connectivity index (χ1v) is 10.5. The number of anilines is 1. The molecule has 2 amide bonds. The normalized spacial score (nSPS) is 22.0. The molecule has 1 atom stereocenters. The molecular formula is C19H29N3O2S. The van der Waals surface area contributed by atoms with Gasteiger partial charge in [0, 0.05) is 42.8 Å². The van der Waals surface area contributed by atoms with Gasteiger partial charge in [0.15, 0.2) is 0 Å². The van der Waals surface area contributed by atoms with Crippen LogP contribution >= 0.6 is 11.8 Å². The Morgan fingerprint density at radius 2 is 2.12 bits per heavy atom. The molecule has 0 aromatic heterocycles. The number of hydrogen-bond donors (Lipinski definition) is 1. The molecule has 0 aliphatic carbocycles. The van der Waals surface area contributed by atoms with Crippen LogP contribution in [0.2, 0.25) is 0 Å². The number of morpholine rings is 1. The van der Waals surface area contributed by atoms with E-state index in [0.717, 1.165) is 64.3 Å². The van der Waals surface area contributed by atoms with Gasteiger partial charge in [-0.25, -0.2) is 4.79 Å². The van der Waals surface area contributed by atoms with Gasteiger partial charge in [0.1, 0.15) is 0 Å². The van der Waals surface area contributed by atoms with Crippen molar-refractivity contribution in [2.45, 2.75) is 36.6 Å². The summed E-state index contributed by atoms with van der Waals surface area (Å²) in [7, 11) is 0. The van der Waals surface area contributed by atoms with E-state index in [-0.39, 0.29) is 6.03 Å². The zero-order valence-electron chi connectivity index (χ0n) is 15.1. The maximum Gasteiger partial charge on any atom is 0.322 e. The van der Waals surface area contributed by atoms with Gasteiger partial charge >= 0.3 is 6.03 Å². The van der Waals surface area contributed by atoms with Crippen molar-refractivity contribution >= 4 is 23.5 Å². The third kappa shape index (κ3) is 5.36. The van der Waals surface area contributed by atoms with Gasteiger partial charge in [-0.1, -0.05) is 6.07 Å². The average Bonchev–Trinajstić information content (AvgIpc) is 2.67. The minimum atomic E-state index is 0.0462. The average molecular weight is 364 g/mol. The first-order chi connectivity index (χ1) is 12.3. The lowest BCUT2D eigenvalue weighted by molar-refractivity contribution is 0.0329. The molecule has 2 heterocycles. The Balaban J connectivity index is 1.56. The summed E-state index contributed by atoms with van der Waals surface area (Å²) in [5.41, 5.74) is 0.884. The van der Waals surface area contributed by atoms with E-state index < -0.39 is 0 Å². The molecule has 0 spiro atoms. The van der Waals surface area contributed by atoms with E-state index >= 15 is 0 Å². The van der Waals surface area contributed by atoms with Crippen molar-refractivity contribution in [3.05, 3.63) is 24.3 Å². The molecule has 2 aliphatic heterocycles. The van der Waals surface area contributed by atoms with Crippen molar-refractivity contribution in [2.75, 3.05) is 51.0 Å². The summed E-state index contributed by atoms with van der Waals surface area (Å²) in [4.78, 5) is 18.5. The predicted molar refractivity (Wildman–Crippen MR) is 103 cm³/mol. The van der Waals surface area contributed by atoms with Crippen molar-refractivity contribution < 1.29 is 9.53 Å². The molecule has 0 saturated carbocycles. The molecule has 25 heavy (non-hydrogen) atoms. The highest BCUT2D eigenvalue weighted by atomic mass is 32.2. The molecule has 5 nitrogen and oxygen atoms in total. The maximum atomic E-state index is 12.8. The number of hydrogen-bond acceptors (Lipinski definition) is 4. The van der Waals surface area contributed by atoms with E-state index in [2.05, 4.69) is 21.2 Å². The largest absolute Gasteiger partial charge is 0.379 e. The van der Waals surface area contributed by atoms with Gasteiger partial charge in [0.2, 0.25) is 0 Å². The number of piperidine rings is 1. The van der Waals surface area contributed by atoms with Crippen LogP contribution < -0.4 is 5.32 Å². The van der Waals surface area contributed by atoms with Gasteiger partial charge in [-0.3, -0.25) is 4.90 Å². The van der Waals surface area contributed by atoms with Gasteiger partial charge in [0.25, 0.3) is 0 Å². The monoisotopic (exact) mass is 363 g/mol. The fourth-order valence-corrected chi connectivity index (χ4v) is 4.08. The lowest BCUT2D eigenvalue weighted by atomic mass is 9.99. The van der Waals surface area contributed by atoms with Crippen LogP contribution in [0.1, 0.15) is 25.7 Å². The molecule has 6 heteroatoms. The van der Waals surface area contributed by atoms with E-state index in [0.29, 0.717) is 6.04 Å². The van der Waals surface area contributed by atoms with Crippen molar-refractivity contribution in [1.29, 1.82) is 0 Å². The highest BCUT2D eigenvalue weighted by Gasteiger charge is 2.27. The van der Waals surface area contributed by atoms with Crippen LogP contribution in [0.4, 0.5) is 10.5 Å². The SMILES string of the molecule is CSc1cccc(NC(=O)N2CCCC[C@H]2CCN2CCOCC2)c1. The predicted octanol–water partition coefficient (Wildman–Crippen LogP) is 3.52. The van der Waals surface area contributed by atoms with Crippen molar-refractivity contribution in [3.63, 3.8) is 0 Å². The number of rotatable bonds is 5. The number of likely N-dealkylation sites (tertiary alicyclic amines) is 1. The fourth-order valence-electron chi connectivity index (χ4n) is 3.62. The second kappa shape index (κ2) is 9.46. The number of urea groups is 1. The van der Waals surface area contributed by atoms with Crippen molar-refractivity contribution in [2.24, 2.45) is 0 Å². The first-order valence-electron chi connectivity index (χ1n) is 9.28. The summed E-state index contributed by atoms with van der Waals surface area (Å²) in [6.45, 7) is 5.61. The van der Waals surface area contributed by atoms with E-state index in [1.807, 2.05) is 24.5 Å². The molecule has 2 aliphatic rings. The molecule has 2 fully saturated rings. The fraction of sp³-hybridized carbons (Fsp3) is 0.632. The third-order valence-electron chi connectivity index (χ3n) is 5.09. The number of amides is 2. The summed E-state index contributed by atoms with van der Waals surface area (Å²) < 4.78 is 5.42. The van der Waals surface area contributed by atoms with Gasteiger partial charge in [-0.2, -0.15) is 0 Å². The Labute approximate surface area is 155 Å². The zero-order chi connectivity index (χ0) is 17.5. The minimum Gasteiger partial charge on any atom is -0.379 e. The summed E-state index contributed by atoms with van der Waals surface area (Å²) in [6.07, 6.45) is 6.54. The number of thioether (sulfide) groups is 1. The number of nitrogens with one attached hydrogen (secondary N) is 1. The smallest absolute Gasteiger partial charge is 0.322 e. The van der Waals surface area contributed by atoms with Crippen LogP contribution in [-0.4, -0.2) is 67.5 Å². The molecule has 0 bridgehead atoms.